The van der Waals surface area contributed by atoms with Crippen LogP contribution >= 0.6 is 0 Å². The second-order valence-electron chi connectivity index (χ2n) is 4.06. The van der Waals surface area contributed by atoms with E-state index in [-0.39, 0.29) is 0 Å². The molecule has 0 spiro atoms. The van der Waals surface area contributed by atoms with Crippen molar-refractivity contribution in [1.82, 2.24) is 9.97 Å². The molecule has 0 fully saturated rings. The number of aromatic nitrogens is 2. The highest BCUT2D eigenvalue weighted by Gasteiger charge is 1.99. The van der Waals surface area contributed by atoms with Gasteiger partial charge in [0, 0.05) is 18.3 Å². The third kappa shape index (κ3) is 4.98. The number of hydrogen-bond donors (Lipinski definition) is 2. The first kappa shape index (κ1) is 12.2. The first-order chi connectivity index (χ1) is 7.36. The van der Waals surface area contributed by atoms with E-state index in [2.05, 4.69) is 16.9 Å². The fraction of sp³-hybridized carbons (Fsp3) is 0.750. The Morgan fingerprint density at radius 3 is 2.73 bits per heavy atom. The quantitative estimate of drug-likeness (QED) is 0.646. The topological polar surface area (TPSA) is 54.7 Å². The van der Waals surface area contributed by atoms with Crippen LogP contribution in [0.15, 0.2) is 6.20 Å². The van der Waals surface area contributed by atoms with Gasteiger partial charge in [0.15, 0.2) is 0 Å². The van der Waals surface area contributed by atoms with Gasteiger partial charge >= 0.3 is 0 Å². The summed E-state index contributed by atoms with van der Waals surface area (Å²) in [4.78, 5) is 7.74. The standard InChI is InChI=1S/C12H23N3/c1-2-7-11-10-14-12(15-11)8-5-3-4-6-9-13/h10H,2-9,13H2,1H3,(H,14,15). The van der Waals surface area contributed by atoms with E-state index in [9.17, 15) is 0 Å². The molecule has 0 unspecified atom stereocenters. The van der Waals surface area contributed by atoms with Crippen LogP contribution in [-0.4, -0.2) is 16.5 Å². The van der Waals surface area contributed by atoms with Gasteiger partial charge in [-0.1, -0.05) is 26.2 Å². The van der Waals surface area contributed by atoms with E-state index in [1.54, 1.807) is 0 Å². The zero-order chi connectivity index (χ0) is 10.9. The van der Waals surface area contributed by atoms with E-state index in [4.69, 9.17) is 5.73 Å². The molecule has 0 atom stereocenters. The van der Waals surface area contributed by atoms with Crippen LogP contribution in [0.3, 0.4) is 0 Å². The molecule has 0 amide bonds. The third-order valence-electron chi connectivity index (χ3n) is 2.57. The molecular formula is C12H23N3. The first-order valence-corrected chi connectivity index (χ1v) is 6.09. The van der Waals surface area contributed by atoms with Crippen molar-refractivity contribution in [2.75, 3.05) is 6.54 Å². The Morgan fingerprint density at radius 1 is 1.20 bits per heavy atom. The molecule has 0 bridgehead atoms. The summed E-state index contributed by atoms with van der Waals surface area (Å²) in [6, 6.07) is 0. The van der Waals surface area contributed by atoms with Crippen LogP contribution in [0.5, 0.6) is 0 Å². The van der Waals surface area contributed by atoms with Gasteiger partial charge in [-0.2, -0.15) is 0 Å². The smallest absolute Gasteiger partial charge is 0.106 e. The Morgan fingerprint density at radius 2 is 2.00 bits per heavy atom. The summed E-state index contributed by atoms with van der Waals surface area (Å²) in [6.45, 7) is 3.01. The van der Waals surface area contributed by atoms with Crippen LogP contribution in [0, 0.1) is 0 Å². The number of unbranched alkanes of at least 4 members (excludes halogenated alkanes) is 3. The van der Waals surface area contributed by atoms with Gasteiger partial charge in [0.1, 0.15) is 5.82 Å². The van der Waals surface area contributed by atoms with Gasteiger partial charge in [0.25, 0.3) is 0 Å². The number of nitrogens with two attached hydrogens (primary N) is 1. The maximum absolute atomic E-state index is 5.44. The van der Waals surface area contributed by atoms with Crippen molar-refractivity contribution in [2.45, 2.75) is 51.9 Å². The second kappa shape index (κ2) is 7.46. The van der Waals surface area contributed by atoms with Gasteiger partial charge in [-0.15, -0.1) is 0 Å². The highest BCUT2D eigenvalue weighted by molar-refractivity contribution is 5.01. The van der Waals surface area contributed by atoms with Crippen molar-refractivity contribution >= 4 is 0 Å². The van der Waals surface area contributed by atoms with Gasteiger partial charge in [0.05, 0.1) is 0 Å². The van der Waals surface area contributed by atoms with Crippen molar-refractivity contribution in [3.8, 4) is 0 Å². The van der Waals surface area contributed by atoms with Crippen LogP contribution in [0.2, 0.25) is 0 Å². The molecule has 0 aromatic carbocycles. The predicted octanol–water partition coefficient (Wildman–Crippen LogP) is 2.42. The average Bonchev–Trinajstić information content (AvgIpc) is 2.66. The zero-order valence-electron chi connectivity index (χ0n) is 9.76. The molecular weight excluding hydrogens is 186 g/mol. The maximum atomic E-state index is 5.44. The summed E-state index contributed by atoms with van der Waals surface area (Å²) in [5.41, 5.74) is 6.71. The summed E-state index contributed by atoms with van der Waals surface area (Å²) in [5, 5.41) is 0. The van der Waals surface area contributed by atoms with Crippen molar-refractivity contribution in [1.29, 1.82) is 0 Å². The Hall–Kier alpha value is -0.830. The molecule has 0 saturated heterocycles. The van der Waals surface area contributed by atoms with Crippen LogP contribution < -0.4 is 5.73 Å². The third-order valence-corrected chi connectivity index (χ3v) is 2.57. The lowest BCUT2D eigenvalue weighted by Crippen LogP contribution is -1.98. The number of rotatable bonds is 8. The Bertz CT molecular complexity index is 255. The fourth-order valence-electron chi connectivity index (χ4n) is 1.72. The molecule has 0 aliphatic heterocycles. The number of aromatic amines is 1. The molecule has 0 saturated carbocycles. The zero-order valence-corrected chi connectivity index (χ0v) is 9.76. The minimum Gasteiger partial charge on any atom is -0.346 e. The molecule has 1 aromatic heterocycles. The molecule has 3 heteroatoms. The largest absolute Gasteiger partial charge is 0.346 e. The molecule has 0 aliphatic carbocycles. The van der Waals surface area contributed by atoms with Gasteiger partial charge in [-0.25, -0.2) is 4.98 Å². The molecule has 0 aliphatic rings. The molecule has 1 rings (SSSR count). The number of hydrogen-bond acceptors (Lipinski definition) is 2. The minimum atomic E-state index is 0.821. The molecule has 1 heterocycles. The van der Waals surface area contributed by atoms with E-state index in [0.29, 0.717) is 0 Å². The van der Waals surface area contributed by atoms with Gasteiger partial charge in [-0.3, -0.25) is 0 Å². The molecule has 15 heavy (non-hydrogen) atoms. The summed E-state index contributed by atoms with van der Waals surface area (Å²) in [6.07, 6.45) is 10.2. The van der Waals surface area contributed by atoms with Crippen molar-refractivity contribution < 1.29 is 0 Å². The summed E-state index contributed by atoms with van der Waals surface area (Å²) in [7, 11) is 0. The van der Waals surface area contributed by atoms with Gasteiger partial charge < -0.3 is 10.7 Å². The molecule has 3 N–H and O–H groups in total. The van der Waals surface area contributed by atoms with Crippen LogP contribution in [0.25, 0.3) is 0 Å². The predicted molar refractivity (Wildman–Crippen MR) is 63.8 cm³/mol. The highest BCUT2D eigenvalue weighted by Crippen LogP contribution is 2.06. The van der Waals surface area contributed by atoms with E-state index in [0.717, 1.165) is 31.6 Å². The van der Waals surface area contributed by atoms with Gasteiger partial charge in [0.2, 0.25) is 0 Å². The lowest BCUT2D eigenvalue weighted by molar-refractivity contribution is 0.637. The lowest BCUT2D eigenvalue weighted by atomic mass is 10.1. The molecule has 86 valence electrons. The number of aryl methyl sites for hydroxylation is 2. The van der Waals surface area contributed by atoms with E-state index in [1.165, 1.54) is 31.4 Å². The van der Waals surface area contributed by atoms with Crippen LogP contribution in [-0.2, 0) is 12.8 Å². The lowest BCUT2D eigenvalue weighted by Gasteiger charge is -1.98. The first-order valence-electron chi connectivity index (χ1n) is 6.09. The SMILES string of the molecule is CCCc1cnc(CCCCCCN)[nH]1. The number of imidazole rings is 1. The molecule has 3 nitrogen and oxygen atoms in total. The number of nitrogens with one attached hydrogen (secondary N) is 1. The summed E-state index contributed by atoms with van der Waals surface area (Å²) < 4.78 is 0. The Labute approximate surface area is 92.5 Å². The normalized spacial score (nSPS) is 10.8. The van der Waals surface area contributed by atoms with E-state index < -0.39 is 0 Å². The summed E-state index contributed by atoms with van der Waals surface area (Å²) >= 11 is 0. The van der Waals surface area contributed by atoms with Crippen LogP contribution in [0.4, 0.5) is 0 Å². The Balaban J connectivity index is 2.14. The minimum absolute atomic E-state index is 0.821. The monoisotopic (exact) mass is 209 g/mol. The van der Waals surface area contributed by atoms with E-state index >= 15 is 0 Å². The van der Waals surface area contributed by atoms with Crippen molar-refractivity contribution in [3.63, 3.8) is 0 Å². The maximum Gasteiger partial charge on any atom is 0.106 e. The Kier molecular flexibility index (Phi) is 6.09. The second-order valence-corrected chi connectivity index (χ2v) is 4.06. The fourth-order valence-corrected chi connectivity index (χ4v) is 1.72. The van der Waals surface area contributed by atoms with Crippen molar-refractivity contribution in [2.24, 2.45) is 5.73 Å². The average molecular weight is 209 g/mol. The van der Waals surface area contributed by atoms with Crippen LogP contribution in [0.1, 0.15) is 50.5 Å². The number of H-pyrrole nitrogens is 1. The summed E-state index contributed by atoms with van der Waals surface area (Å²) in [5.74, 6) is 1.14. The van der Waals surface area contributed by atoms with Crippen molar-refractivity contribution in [3.05, 3.63) is 17.7 Å². The highest BCUT2D eigenvalue weighted by atomic mass is 14.9. The van der Waals surface area contributed by atoms with E-state index in [1.807, 2.05) is 6.20 Å². The molecule has 0 radical (unpaired) electrons. The number of nitrogens with zero attached hydrogens (tertiary/aromatic N) is 1. The molecule has 1 aromatic rings. The van der Waals surface area contributed by atoms with Gasteiger partial charge in [-0.05, 0) is 25.8 Å².